The van der Waals surface area contributed by atoms with E-state index < -0.39 is 16.7 Å². The van der Waals surface area contributed by atoms with Crippen molar-refractivity contribution in [1.29, 1.82) is 0 Å². The van der Waals surface area contributed by atoms with Crippen molar-refractivity contribution >= 4 is 34.0 Å². The first kappa shape index (κ1) is 24.2. The van der Waals surface area contributed by atoms with Crippen LogP contribution in [0.25, 0.3) is 10.8 Å². The van der Waals surface area contributed by atoms with Gasteiger partial charge in [-0.25, -0.2) is 4.90 Å². The van der Waals surface area contributed by atoms with Crippen LogP contribution in [0, 0.1) is 10.1 Å². The number of benzene rings is 4. The molecular weight excluding hydrogens is 468 g/mol. The molecular formula is C30H26N2O5. The van der Waals surface area contributed by atoms with Gasteiger partial charge in [0.25, 0.3) is 11.8 Å². The Kier molecular flexibility index (Phi) is 5.99. The smallest absolute Gasteiger partial charge is 0.311 e. The van der Waals surface area contributed by atoms with Crippen LogP contribution in [0.1, 0.15) is 71.4 Å². The van der Waals surface area contributed by atoms with Gasteiger partial charge in [-0.3, -0.25) is 19.7 Å². The molecule has 7 heteroatoms. The van der Waals surface area contributed by atoms with Gasteiger partial charge < -0.3 is 4.74 Å². The molecule has 0 atom stereocenters. The number of ether oxygens (including phenoxy) is 1. The Bertz CT molecular complexity index is 1540. The van der Waals surface area contributed by atoms with Crippen molar-refractivity contribution in [2.24, 2.45) is 0 Å². The summed E-state index contributed by atoms with van der Waals surface area (Å²) in [5.41, 5.74) is 3.10. The van der Waals surface area contributed by atoms with Crippen molar-refractivity contribution < 1.29 is 19.2 Å². The number of amides is 2. The normalized spacial score (nSPS) is 13.1. The van der Waals surface area contributed by atoms with Crippen molar-refractivity contribution in [3.8, 4) is 11.5 Å². The number of para-hydroxylation sites is 3. The molecule has 0 aromatic heterocycles. The predicted molar refractivity (Wildman–Crippen MR) is 143 cm³/mol. The van der Waals surface area contributed by atoms with Gasteiger partial charge in [-0.2, -0.15) is 0 Å². The molecule has 0 fully saturated rings. The van der Waals surface area contributed by atoms with Gasteiger partial charge in [0.05, 0.1) is 10.6 Å². The van der Waals surface area contributed by atoms with Gasteiger partial charge in [0.2, 0.25) is 5.75 Å². The van der Waals surface area contributed by atoms with Crippen molar-refractivity contribution in [1.82, 2.24) is 0 Å². The molecule has 0 spiro atoms. The molecule has 7 nitrogen and oxygen atoms in total. The zero-order chi connectivity index (χ0) is 26.4. The zero-order valence-electron chi connectivity index (χ0n) is 21.0. The molecule has 4 aromatic rings. The lowest BCUT2D eigenvalue weighted by atomic mass is 9.88. The van der Waals surface area contributed by atoms with E-state index in [1.165, 1.54) is 17.0 Å². The Morgan fingerprint density at radius 1 is 0.730 bits per heavy atom. The minimum Gasteiger partial charge on any atom is -0.449 e. The van der Waals surface area contributed by atoms with E-state index in [1.807, 2.05) is 45.9 Å². The second-order valence-corrected chi connectivity index (χ2v) is 9.71. The quantitative estimate of drug-likeness (QED) is 0.156. The van der Waals surface area contributed by atoms with Gasteiger partial charge in [0.1, 0.15) is 5.75 Å². The number of carbonyl (C=O) groups excluding carboxylic acids is 2. The predicted octanol–water partition coefficient (Wildman–Crippen LogP) is 7.59. The first-order chi connectivity index (χ1) is 17.7. The van der Waals surface area contributed by atoms with Gasteiger partial charge >= 0.3 is 5.69 Å². The Morgan fingerprint density at radius 2 is 1.32 bits per heavy atom. The van der Waals surface area contributed by atoms with E-state index in [2.05, 4.69) is 0 Å². The molecule has 37 heavy (non-hydrogen) atoms. The van der Waals surface area contributed by atoms with Gasteiger partial charge in [-0.05, 0) is 47.2 Å². The van der Waals surface area contributed by atoms with E-state index in [1.54, 1.807) is 42.5 Å². The lowest BCUT2D eigenvalue weighted by Crippen LogP contribution is -2.41. The molecule has 0 saturated heterocycles. The topological polar surface area (TPSA) is 89.8 Å². The second kappa shape index (κ2) is 9.17. The second-order valence-electron chi connectivity index (χ2n) is 9.71. The number of nitro benzene ring substituents is 1. The lowest BCUT2D eigenvalue weighted by Gasteiger charge is -2.32. The molecule has 1 heterocycles. The standard InChI is InChI=1S/C30H26N2O5/c1-17(2)19-9-7-10-20(18(3)4)28(19)31-29(33)22-12-8-11-21-25(16-15-23(27(21)22)30(31)34)37-26-14-6-5-13-24(26)32(35)36/h5-18H,1-4H3. The first-order valence-electron chi connectivity index (χ1n) is 12.2. The molecule has 186 valence electrons. The summed E-state index contributed by atoms with van der Waals surface area (Å²) in [6, 6.07) is 20.4. The van der Waals surface area contributed by atoms with Crippen LogP contribution in [0.15, 0.2) is 72.8 Å². The molecule has 5 rings (SSSR count). The molecule has 2 amide bonds. The zero-order valence-corrected chi connectivity index (χ0v) is 21.0. The van der Waals surface area contributed by atoms with Gasteiger partial charge in [-0.15, -0.1) is 0 Å². The summed E-state index contributed by atoms with van der Waals surface area (Å²) in [6.45, 7) is 8.18. The molecule has 0 saturated carbocycles. The summed E-state index contributed by atoms with van der Waals surface area (Å²) in [7, 11) is 0. The van der Waals surface area contributed by atoms with Crippen LogP contribution < -0.4 is 9.64 Å². The fourth-order valence-electron chi connectivity index (χ4n) is 4.94. The SMILES string of the molecule is CC(C)c1cccc(C(C)C)c1N1C(=O)c2cccc3c(Oc4ccccc4[N+](=O)[O-])ccc(c23)C1=O. The van der Waals surface area contributed by atoms with E-state index in [0.717, 1.165) is 11.1 Å². The lowest BCUT2D eigenvalue weighted by molar-refractivity contribution is -0.385. The largest absolute Gasteiger partial charge is 0.449 e. The first-order valence-corrected chi connectivity index (χ1v) is 12.2. The van der Waals surface area contributed by atoms with Crippen molar-refractivity contribution in [2.75, 3.05) is 4.90 Å². The van der Waals surface area contributed by atoms with Crippen LogP contribution in [0.5, 0.6) is 11.5 Å². The molecule has 1 aliphatic heterocycles. The maximum atomic E-state index is 14.0. The number of rotatable bonds is 6. The Balaban J connectivity index is 1.69. The summed E-state index contributed by atoms with van der Waals surface area (Å²) in [4.78, 5) is 40.2. The average molecular weight is 495 g/mol. The molecule has 4 aromatic carbocycles. The summed E-state index contributed by atoms with van der Waals surface area (Å²) in [6.07, 6.45) is 0. The molecule has 0 aliphatic carbocycles. The van der Waals surface area contributed by atoms with E-state index in [4.69, 9.17) is 4.74 Å². The van der Waals surface area contributed by atoms with E-state index >= 15 is 0 Å². The van der Waals surface area contributed by atoms with Crippen molar-refractivity contribution in [2.45, 2.75) is 39.5 Å². The number of anilines is 1. The molecule has 0 N–H and O–H groups in total. The van der Waals surface area contributed by atoms with E-state index in [0.29, 0.717) is 33.3 Å². The number of hydrogen-bond donors (Lipinski definition) is 0. The highest BCUT2D eigenvalue weighted by atomic mass is 16.6. The number of nitrogens with zero attached hydrogens (tertiary/aromatic N) is 2. The molecule has 0 bridgehead atoms. The highest BCUT2D eigenvalue weighted by molar-refractivity contribution is 6.36. The summed E-state index contributed by atoms with van der Waals surface area (Å²) < 4.78 is 5.97. The Morgan fingerprint density at radius 3 is 1.95 bits per heavy atom. The number of hydrogen-bond acceptors (Lipinski definition) is 5. The third-order valence-electron chi connectivity index (χ3n) is 6.72. The minimum absolute atomic E-state index is 0.0794. The van der Waals surface area contributed by atoms with Crippen LogP contribution >= 0.6 is 0 Å². The van der Waals surface area contributed by atoms with Crippen LogP contribution in [0.4, 0.5) is 11.4 Å². The molecule has 0 unspecified atom stereocenters. The van der Waals surface area contributed by atoms with Gasteiger partial charge in [-0.1, -0.05) is 70.2 Å². The Labute approximate surface area is 214 Å². The number of nitro groups is 1. The Hall–Kier alpha value is -4.52. The summed E-state index contributed by atoms with van der Waals surface area (Å²) in [5.74, 6) is -0.195. The fourth-order valence-corrected chi connectivity index (χ4v) is 4.94. The van der Waals surface area contributed by atoms with Crippen LogP contribution in [-0.2, 0) is 0 Å². The van der Waals surface area contributed by atoms with Crippen LogP contribution in [-0.4, -0.2) is 16.7 Å². The third-order valence-corrected chi connectivity index (χ3v) is 6.72. The minimum atomic E-state index is -0.510. The third kappa shape index (κ3) is 3.93. The van der Waals surface area contributed by atoms with E-state index in [9.17, 15) is 19.7 Å². The highest BCUT2D eigenvalue weighted by Gasteiger charge is 2.37. The van der Waals surface area contributed by atoms with Gasteiger partial charge in [0.15, 0.2) is 0 Å². The molecule has 1 aliphatic rings. The highest BCUT2D eigenvalue weighted by Crippen LogP contribution is 2.43. The fraction of sp³-hybridized carbons (Fsp3) is 0.200. The average Bonchev–Trinajstić information content (AvgIpc) is 2.88. The number of imide groups is 1. The summed E-state index contributed by atoms with van der Waals surface area (Å²) in [5, 5.41) is 12.5. The maximum Gasteiger partial charge on any atom is 0.311 e. The van der Waals surface area contributed by atoms with Crippen LogP contribution in [0.2, 0.25) is 0 Å². The summed E-state index contributed by atoms with van der Waals surface area (Å²) >= 11 is 0. The van der Waals surface area contributed by atoms with Crippen molar-refractivity contribution in [3.63, 3.8) is 0 Å². The van der Waals surface area contributed by atoms with Crippen LogP contribution in [0.3, 0.4) is 0 Å². The van der Waals surface area contributed by atoms with Gasteiger partial charge in [0, 0.05) is 28.0 Å². The molecule has 0 radical (unpaired) electrons. The maximum absolute atomic E-state index is 14.0. The monoisotopic (exact) mass is 494 g/mol. The van der Waals surface area contributed by atoms with Crippen molar-refractivity contribution in [3.05, 3.63) is 105 Å². The van der Waals surface area contributed by atoms with E-state index in [-0.39, 0.29) is 23.3 Å². The number of carbonyl (C=O) groups is 2.